The van der Waals surface area contributed by atoms with Crippen molar-refractivity contribution in [2.75, 3.05) is 0 Å². The van der Waals surface area contributed by atoms with E-state index in [2.05, 4.69) is 4.98 Å². The predicted molar refractivity (Wildman–Crippen MR) is 85.6 cm³/mol. The van der Waals surface area contributed by atoms with Crippen LogP contribution in [0.15, 0.2) is 60.7 Å². The van der Waals surface area contributed by atoms with Gasteiger partial charge in [0.1, 0.15) is 0 Å². The van der Waals surface area contributed by atoms with Crippen molar-refractivity contribution in [2.45, 2.75) is 0 Å². The van der Waals surface area contributed by atoms with E-state index < -0.39 is 5.91 Å². The summed E-state index contributed by atoms with van der Waals surface area (Å²) in [4.78, 5) is 16.2. The molecule has 1 heterocycles. The van der Waals surface area contributed by atoms with Crippen molar-refractivity contribution < 1.29 is 4.79 Å². The lowest BCUT2D eigenvalue weighted by Gasteiger charge is -2.04. The molecule has 1 aromatic heterocycles. The van der Waals surface area contributed by atoms with E-state index in [9.17, 15) is 4.79 Å². The molecule has 0 saturated carbocycles. The number of fused-ring (bicyclic) bond motifs is 1. The van der Waals surface area contributed by atoms with Crippen molar-refractivity contribution in [3.8, 4) is 0 Å². The zero-order valence-corrected chi connectivity index (χ0v) is 11.4. The van der Waals surface area contributed by atoms with Gasteiger partial charge in [-0.1, -0.05) is 54.6 Å². The lowest BCUT2D eigenvalue weighted by atomic mass is 10.1. The maximum absolute atomic E-state index is 11.6. The molecule has 2 aromatic carbocycles. The van der Waals surface area contributed by atoms with E-state index in [1.54, 1.807) is 6.07 Å². The van der Waals surface area contributed by atoms with E-state index in [1.165, 1.54) is 0 Å². The molecule has 2 N–H and O–H groups in total. The number of para-hydroxylation sites is 1. The number of carbonyl (C=O) groups excluding carboxylic acids is 1. The van der Waals surface area contributed by atoms with E-state index >= 15 is 0 Å². The summed E-state index contributed by atoms with van der Waals surface area (Å²) in [5, 5.41) is 0.780. The number of benzene rings is 2. The first-order valence-corrected chi connectivity index (χ1v) is 6.67. The minimum absolute atomic E-state index is 0.442. The number of pyridine rings is 1. The molecule has 0 bridgehead atoms. The van der Waals surface area contributed by atoms with Crippen LogP contribution in [-0.2, 0) is 0 Å². The van der Waals surface area contributed by atoms with Gasteiger partial charge in [0.05, 0.1) is 16.8 Å². The first-order valence-electron chi connectivity index (χ1n) is 6.67. The summed E-state index contributed by atoms with van der Waals surface area (Å²) in [7, 11) is 0. The van der Waals surface area contributed by atoms with E-state index in [0.29, 0.717) is 11.3 Å². The number of nitrogens with zero attached hydrogens (tertiary/aromatic N) is 1. The van der Waals surface area contributed by atoms with Crippen LogP contribution >= 0.6 is 0 Å². The summed E-state index contributed by atoms with van der Waals surface area (Å²) in [6.45, 7) is 0. The van der Waals surface area contributed by atoms with Crippen molar-refractivity contribution in [3.63, 3.8) is 0 Å². The van der Waals surface area contributed by atoms with Crippen LogP contribution in [0.3, 0.4) is 0 Å². The van der Waals surface area contributed by atoms with Crippen molar-refractivity contribution in [3.05, 3.63) is 77.5 Å². The zero-order chi connectivity index (χ0) is 14.7. The summed E-state index contributed by atoms with van der Waals surface area (Å²) in [5.74, 6) is -0.442. The Morgan fingerprint density at radius 2 is 1.67 bits per heavy atom. The lowest BCUT2D eigenvalue weighted by molar-refractivity contribution is 0.100. The summed E-state index contributed by atoms with van der Waals surface area (Å²) in [5.41, 5.74) is 8.52. The molecule has 0 spiro atoms. The normalized spacial score (nSPS) is 11.0. The van der Waals surface area contributed by atoms with E-state index in [0.717, 1.165) is 16.5 Å². The monoisotopic (exact) mass is 274 g/mol. The molecule has 3 heteroatoms. The Kier molecular flexibility index (Phi) is 3.48. The molecule has 0 radical (unpaired) electrons. The molecule has 1 amide bonds. The van der Waals surface area contributed by atoms with E-state index in [-0.39, 0.29) is 0 Å². The van der Waals surface area contributed by atoms with Crippen LogP contribution in [-0.4, -0.2) is 10.9 Å². The highest BCUT2D eigenvalue weighted by atomic mass is 16.1. The van der Waals surface area contributed by atoms with Crippen LogP contribution in [0.4, 0.5) is 0 Å². The third kappa shape index (κ3) is 2.82. The van der Waals surface area contributed by atoms with Gasteiger partial charge in [-0.3, -0.25) is 4.79 Å². The molecule has 102 valence electrons. The Labute approximate surface area is 122 Å². The maximum Gasteiger partial charge on any atom is 0.249 e. The Balaban J connectivity index is 2.07. The van der Waals surface area contributed by atoms with Gasteiger partial charge in [-0.25, -0.2) is 4.98 Å². The van der Waals surface area contributed by atoms with Crippen molar-refractivity contribution in [2.24, 2.45) is 5.73 Å². The molecule has 3 rings (SSSR count). The molecule has 0 aliphatic heterocycles. The molecule has 21 heavy (non-hydrogen) atoms. The molecular formula is C18H14N2O. The highest BCUT2D eigenvalue weighted by molar-refractivity contribution is 6.05. The molecule has 3 aromatic rings. The zero-order valence-electron chi connectivity index (χ0n) is 11.4. The first kappa shape index (κ1) is 13.1. The molecule has 0 aliphatic carbocycles. The Morgan fingerprint density at radius 3 is 2.43 bits per heavy atom. The molecular weight excluding hydrogens is 260 g/mol. The fourth-order valence-electron chi connectivity index (χ4n) is 2.23. The molecule has 0 atom stereocenters. The van der Waals surface area contributed by atoms with Gasteiger partial charge >= 0.3 is 0 Å². The van der Waals surface area contributed by atoms with Crippen LogP contribution in [0.1, 0.15) is 21.6 Å². The van der Waals surface area contributed by atoms with Gasteiger partial charge in [-0.15, -0.1) is 0 Å². The second-order valence-electron chi connectivity index (χ2n) is 4.72. The maximum atomic E-state index is 11.6. The number of hydrogen-bond acceptors (Lipinski definition) is 2. The van der Waals surface area contributed by atoms with Crippen LogP contribution < -0.4 is 5.73 Å². The third-order valence-electron chi connectivity index (χ3n) is 3.25. The number of hydrogen-bond donors (Lipinski definition) is 1. The Hall–Kier alpha value is -2.94. The quantitative estimate of drug-likeness (QED) is 0.794. The molecule has 0 fully saturated rings. The molecule has 0 unspecified atom stereocenters. The fourth-order valence-corrected chi connectivity index (χ4v) is 2.23. The topological polar surface area (TPSA) is 56.0 Å². The van der Waals surface area contributed by atoms with Gasteiger partial charge in [-0.2, -0.15) is 0 Å². The second-order valence-corrected chi connectivity index (χ2v) is 4.72. The van der Waals surface area contributed by atoms with E-state index in [1.807, 2.05) is 66.7 Å². The van der Waals surface area contributed by atoms with Gasteiger partial charge in [0.2, 0.25) is 5.91 Å². The van der Waals surface area contributed by atoms with Crippen LogP contribution in [0.5, 0.6) is 0 Å². The number of amides is 1. The average molecular weight is 274 g/mol. The Morgan fingerprint density at radius 1 is 0.952 bits per heavy atom. The van der Waals surface area contributed by atoms with Gasteiger partial charge in [0.25, 0.3) is 0 Å². The Bertz CT molecular complexity index is 823. The minimum atomic E-state index is -0.442. The predicted octanol–water partition coefficient (Wildman–Crippen LogP) is 3.50. The molecule has 0 aliphatic rings. The second kappa shape index (κ2) is 5.59. The van der Waals surface area contributed by atoms with Crippen LogP contribution in [0.25, 0.3) is 23.1 Å². The van der Waals surface area contributed by atoms with Crippen LogP contribution in [0.2, 0.25) is 0 Å². The average Bonchev–Trinajstić information content (AvgIpc) is 2.53. The summed E-state index contributed by atoms with van der Waals surface area (Å²) in [6.07, 6.45) is 3.84. The van der Waals surface area contributed by atoms with Crippen molar-refractivity contribution in [1.29, 1.82) is 0 Å². The van der Waals surface area contributed by atoms with Crippen molar-refractivity contribution >= 4 is 29.0 Å². The van der Waals surface area contributed by atoms with Gasteiger partial charge in [0, 0.05) is 5.39 Å². The largest absolute Gasteiger partial charge is 0.366 e. The van der Waals surface area contributed by atoms with Gasteiger partial charge in [0.15, 0.2) is 0 Å². The van der Waals surface area contributed by atoms with E-state index in [4.69, 9.17) is 5.73 Å². The summed E-state index contributed by atoms with van der Waals surface area (Å²) < 4.78 is 0. The standard InChI is InChI=1S/C18H14N2O/c19-18(21)16-12-14(11-10-13-6-2-1-3-7-13)20-17-9-5-4-8-15(16)17/h1-12H,(H2,19,21)/b11-10+. The van der Waals surface area contributed by atoms with Gasteiger partial charge < -0.3 is 5.73 Å². The number of rotatable bonds is 3. The highest BCUT2D eigenvalue weighted by Gasteiger charge is 2.08. The molecule has 3 nitrogen and oxygen atoms in total. The van der Waals surface area contributed by atoms with Crippen molar-refractivity contribution in [1.82, 2.24) is 4.98 Å². The number of primary amides is 1. The SMILES string of the molecule is NC(=O)c1cc(/C=C/c2ccccc2)nc2ccccc12. The third-order valence-corrected chi connectivity index (χ3v) is 3.25. The number of aromatic nitrogens is 1. The summed E-state index contributed by atoms with van der Waals surface area (Å²) >= 11 is 0. The number of nitrogens with two attached hydrogens (primary N) is 1. The highest BCUT2D eigenvalue weighted by Crippen LogP contribution is 2.19. The first-order chi connectivity index (χ1) is 10.2. The molecule has 0 saturated heterocycles. The lowest BCUT2D eigenvalue weighted by Crippen LogP contribution is -2.12. The fraction of sp³-hybridized carbons (Fsp3) is 0. The minimum Gasteiger partial charge on any atom is -0.366 e. The van der Waals surface area contributed by atoms with Crippen LogP contribution in [0, 0.1) is 0 Å². The van der Waals surface area contributed by atoms with Gasteiger partial charge in [-0.05, 0) is 23.8 Å². The smallest absolute Gasteiger partial charge is 0.249 e. The number of carbonyl (C=O) groups is 1. The summed E-state index contributed by atoms with van der Waals surface area (Å²) in [6, 6.07) is 19.2.